The highest BCUT2D eigenvalue weighted by molar-refractivity contribution is 9.10. The van der Waals surface area contributed by atoms with E-state index in [1.54, 1.807) is 0 Å². The summed E-state index contributed by atoms with van der Waals surface area (Å²) in [6.07, 6.45) is 2.22. The van der Waals surface area contributed by atoms with Crippen molar-refractivity contribution < 1.29 is 0 Å². The van der Waals surface area contributed by atoms with Crippen molar-refractivity contribution in [3.05, 3.63) is 63.6 Å². The smallest absolute Gasteiger partial charge is 0.0511 e. The van der Waals surface area contributed by atoms with Gasteiger partial charge in [0.05, 0.1) is 5.69 Å². The van der Waals surface area contributed by atoms with Crippen LogP contribution in [0.15, 0.2) is 46.9 Å². The van der Waals surface area contributed by atoms with Gasteiger partial charge >= 0.3 is 0 Å². The molecule has 0 fully saturated rings. The van der Waals surface area contributed by atoms with Crippen molar-refractivity contribution in [2.75, 3.05) is 18.0 Å². The second kappa shape index (κ2) is 6.20. The van der Waals surface area contributed by atoms with Crippen molar-refractivity contribution in [3.63, 3.8) is 0 Å². The van der Waals surface area contributed by atoms with E-state index in [1.807, 2.05) is 6.92 Å². The summed E-state index contributed by atoms with van der Waals surface area (Å²) in [5.41, 5.74) is 11.4. The number of rotatable bonds is 2. The molecular formula is C18H21BrN2. The number of nitrogens with two attached hydrogens (primary N) is 1. The zero-order valence-electron chi connectivity index (χ0n) is 12.3. The van der Waals surface area contributed by atoms with Crippen molar-refractivity contribution in [1.29, 1.82) is 0 Å². The lowest BCUT2D eigenvalue weighted by Crippen LogP contribution is -2.26. The van der Waals surface area contributed by atoms with Gasteiger partial charge in [-0.3, -0.25) is 0 Å². The second-order valence-corrected chi connectivity index (χ2v) is 6.61. The number of halogens is 1. The molecule has 2 nitrogen and oxygen atoms in total. The number of hydrogen-bond donors (Lipinski definition) is 1. The van der Waals surface area contributed by atoms with Crippen LogP contribution in [-0.4, -0.2) is 13.1 Å². The lowest BCUT2D eigenvalue weighted by Gasteiger charge is -2.24. The van der Waals surface area contributed by atoms with Crippen LogP contribution in [0.5, 0.6) is 0 Å². The standard InChI is InChI=1S/C18H21BrN2/c1-13(20)16-6-7-18(17(19)12-16)21-10-8-14-4-2-3-5-15(14)9-11-21/h2-7,12-13H,8-11,20H2,1H3/t13-/m1/s1. The minimum Gasteiger partial charge on any atom is -0.370 e. The Labute approximate surface area is 135 Å². The van der Waals surface area contributed by atoms with Crippen LogP contribution in [0.2, 0.25) is 0 Å². The first-order valence-electron chi connectivity index (χ1n) is 7.52. The van der Waals surface area contributed by atoms with E-state index in [0.29, 0.717) is 0 Å². The molecule has 1 aliphatic heterocycles. The van der Waals surface area contributed by atoms with Gasteiger partial charge in [-0.05, 0) is 64.5 Å². The van der Waals surface area contributed by atoms with Crippen molar-refractivity contribution in [3.8, 4) is 0 Å². The van der Waals surface area contributed by atoms with Crippen molar-refractivity contribution in [2.45, 2.75) is 25.8 Å². The monoisotopic (exact) mass is 344 g/mol. The third-order valence-electron chi connectivity index (χ3n) is 4.26. The summed E-state index contributed by atoms with van der Waals surface area (Å²) >= 11 is 3.71. The van der Waals surface area contributed by atoms with E-state index < -0.39 is 0 Å². The summed E-state index contributed by atoms with van der Waals surface area (Å²) < 4.78 is 1.14. The van der Waals surface area contributed by atoms with Gasteiger partial charge in [-0.2, -0.15) is 0 Å². The van der Waals surface area contributed by atoms with Gasteiger partial charge in [-0.1, -0.05) is 30.3 Å². The van der Waals surface area contributed by atoms with Crippen LogP contribution >= 0.6 is 15.9 Å². The molecule has 0 aliphatic carbocycles. The van der Waals surface area contributed by atoms with Crippen LogP contribution in [0.3, 0.4) is 0 Å². The highest BCUT2D eigenvalue weighted by Crippen LogP contribution is 2.30. The van der Waals surface area contributed by atoms with Crippen molar-refractivity contribution in [2.24, 2.45) is 5.73 Å². The molecule has 0 bridgehead atoms. The summed E-state index contributed by atoms with van der Waals surface area (Å²) in [6, 6.07) is 15.4. The SMILES string of the molecule is C[C@@H](N)c1ccc(N2CCc3ccccc3CC2)c(Br)c1. The Kier molecular flexibility index (Phi) is 4.32. The topological polar surface area (TPSA) is 29.3 Å². The molecule has 0 saturated carbocycles. The Bertz CT molecular complexity index is 610. The molecule has 2 aromatic carbocycles. The fourth-order valence-corrected chi connectivity index (χ4v) is 3.62. The van der Waals surface area contributed by atoms with E-state index in [-0.39, 0.29) is 6.04 Å². The lowest BCUT2D eigenvalue weighted by molar-refractivity contribution is 0.796. The van der Waals surface area contributed by atoms with E-state index in [2.05, 4.69) is 63.3 Å². The number of benzene rings is 2. The fourth-order valence-electron chi connectivity index (χ4n) is 2.97. The first kappa shape index (κ1) is 14.6. The molecular weight excluding hydrogens is 324 g/mol. The Morgan fingerprint density at radius 2 is 1.67 bits per heavy atom. The molecule has 2 N–H and O–H groups in total. The quantitative estimate of drug-likeness (QED) is 0.889. The Hall–Kier alpha value is -1.32. The van der Waals surface area contributed by atoms with Crippen molar-refractivity contribution in [1.82, 2.24) is 0 Å². The van der Waals surface area contributed by atoms with Gasteiger partial charge in [-0.15, -0.1) is 0 Å². The molecule has 1 aliphatic rings. The molecule has 0 aromatic heterocycles. The molecule has 3 rings (SSSR count). The average molecular weight is 345 g/mol. The highest BCUT2D eigenvalue weighted by atomic mass is 79.9. The molecule has 1 heterocycles. The fraction of sp³-hybridized carbons (Fsp3) is 0.333. The summed E-state index contributed by atoms with van der Waals surface area (Å²) in [7, 11) is 0. The maximum Gasteiger partial charge on any atom is 0.0511 e. The Balaban J connectivity index is 1.83. The first-order chi connectivity index (χ1) is 10.1. The predicted molar refractivity (Wildman–Crippen MR) is 92.8 cm³/mol. The number of nitrogens with zero attached hydrogens (tertiary/aromatic N) is 1. The van der Waals surface area contributed by atoms with Crippen LogP contribution in [0.1, 0.15) is 29.7 Å². The average Bonchev–Trinajstić information content (AvgIpc) is 2.70. The summed E-state index contributed by atoms with van der Waals surface area (Å²) in [5.74, 6) is 0. The zero-order chi connectivity index (χ0) is 14.8. The largest absolute Gasteiger partial charge is 0.370 e. The molecule has 0 unspecified atom stereocenters. The summed E-state index contributed by atoms with van der Waals surface area (Å²) in [6.45, 7) is 4.14. The third kappa shape index (κ3) is 3.14. The van der Waals surface area contributed by atoms with Gasteiger partial charge in [0.15, 0.2) is 0 Å². The molecule has 0 saturated heterocycles. The third-order valence-corrected chi connectivity index (χ3v) is 4.89. The minimum atomic E-state index is 0.0729. The maximum absolute atomic E-state index is 5.96. The van der Waals surface area contributed by atoms with Gasteiger partial charge in [0.1, 0.15) is 0 Å². The zero-order valence-corrected chi connectivity index (χ0v) is 13.9. The molecule has 110 valence electrons. The molecule has 1 atom stereocenters. The highest BCUT2D eigenvalue weighted by Gasteiger charge is 2.16. The normalized spacial score (nSPS) is 16.2. The van der Waals surface area contributed by atoms with E-state index in [9.17, 15) is 0 Å². The van der Waals surface area contributed by atoms with Gasteiger partial charge in [-0.25, -0.2) is 0 Å². The van der Waals surface area contributed by atoms with Gasteiger partial charge in [0, 0.05) is 23.6 Å². The summed E-state index contributed by atoms with van der Waals surface area (Å²) in [4.78, 5) is 2.47. The molecule has 0 spiro atoms. The number of hydrogen-bond acceptors (Lipinski definition) is 2. The minimum absolute atomic E-state index is 0.0729. The lowest BCUT2D eigenvalue weighted by atomic mass is 10.0. The molecule has 0 radical (unpaired) electrons. The molecule has 3 heteroatoms. The van der Waals surface area contributed by atoms with Crippen LogP contribution < -0.4 is 10.6 Å². The van der Waals surface area contributed by atoms with Gasteiger partial charge in [0.25, 0.3) is 0 Å². The van der Waals surface area contributed by atoms with E-state index in [4.69, 9.17) is 5.73 Å². The Morgan fingerprint density at radius 1 is 1.05 bits per heavy atom. The molecule has 2 aromatic rings. The maximum atomic E-state index is 5.96. The second-order valence-electron chi connectivity index (χ2n) is 5.76. The Morgan fingerprint density at radius 3 is 2.19 bits per heavy atom. The van der Waals surface area contributed by atoms with E-state index >= 15 is 0 Å². The first-order valence-corrected chi connectivity index (χ1v) is 8.31. The summed E-state index contributed by atoms with van der Waals surface area (Å²) in [5, 5.41) is 0. The number of fused-ring (bicyclic) bond motifs is 1. The molecule has 21 heavy (non-hydrogen) atoms. The van der Waals surface area contributed by atoms with E-state index in [0.717, 1.165) is 30.4 Å². The van der Waals surface area contributed by atoms with Gasteiger partial charge < -0.3 is 10.6 Å². The van der Waals surface area contributed by atoms with E-state index in [1.165, 1.54) is 22.4 Å². The number of anilines is 1. The molecule has 0 amide bonds. The van der Waals surface area contributed by atoms with Crippen LogP contribution in [0.4, 0.5) is 5.69 Å². The van der Waals surface area contributed by atoms with Crippen molar-refractivity contribution >= 4 is 21.6 Å². The van der Waals surface area contributed by atoms with Gasteiger partial charge in [0.2, 0.25) is 0 Å². The van der Waals surface area contributed by atoms with Crippen LogP contribution in [-0.2, 0) is 12.8 Å². The predicted octanol–water partition coefficient (Wildman–Crippen LogP) is 4.07. The van der Waals surface area contributed by atoms with Crippen LogP contribution in [0.25, 0.3) is 0 Å². The van der Waals surface area contributed by atoms with Crippen LogP contribution in [0, 0.1) is 0 Å².